The quantitative estimate of drug-likeness (QED) is 0.797. The number of hydrogen-bond acceptors (Lipinski definition) is 2. The molecule has 0 saturated carbocycles. The summed E-state index contributed by atoms with van der Waals surface area (Å²) in [6.45, 7) is 1.46. The van der Waals surface area contributed by atoms with Crippen molar-refractivity contribution in [1.29, 1.82) is 0 Å². The maximum Gasteiger partial charge on any atom is 0.239 e. The molecule has 2 amide bonds. The van der Waals surface area contributed by atoms with Crippen molar-refractivity contribution in [1.82, 2.24) is 10.2 Å². The molecule has 0 aliphatic carbocycles. The highest BCUT2D eigenvalue weighted by Gasteiger charge is 2.21. The number of amides is 2. The highest BCUT2D eigenvalue weighted by Crippen LogP contribution is 2.11. The number of rotatable bonds is 6. The summed E-state index contributed by atoms with van der Waals surface area (Å²) in [4.78, 5) is 27.1. The smallest absolute Gasteiger partial charge is 0.239 e. The lowest BCUT2D eigenvalue weighted by Crippen LogP contribution is -3.07. The number of quaternary nitrogens is 1. The predicted molar refractivity (Wildman–Crippen MR) is 90.1 cm³/mol. The van der Waals surface area contributed by atoms with Crippen molar-refractivity contribution in [3.63, 3.8) is 0 Å². The van der Waals surface area contributed by atoms with Crippen LogP contribution in [-0.2, 0) is 9.59 Å². The Balaban J connectivity index is 1.87. The van der Waals surface area contributed by atoms with E-state index in [4.69, 9.17) is 0 Å². The Hall–Kier alpha value is -1.88. The second-order valence-corrected chi connectivity index (χ2v) is 6.47. The number of carbonyl (C=O) groups is 2. The van der Waals surface area contributed by atoms with Crippen molar-refractivity contribution in [2.24, 2.45) is 0 Å². The summed E-state index contributed by atoms with van der Waals surface area (Å²) in [6, 6.07) is 10.4. The summed E-state index contributed by atoms with van der Waals surface area (Å²) in [5.41, 5.74) is 1.21. The molecule has 1 aliphatic heterocycles. The molecule has 0 aromatic heterocycles. The number of carbonyl (C=O) groups excluding carboxylic acids is 2. The summed E-state index contributed by atoms with van der Waals surface area (Å²) in [5, 5.41) is 3.00. The average Bonchev–Trinajstić information content (AvgIpc) is 2.73. The molecule has 126 valence electrons. The van der Waals surface area contributed by atoms with E-state index in [0.29, 0.717) is 19.5 Å². The molecule has 1 heterocycles. The Bertz CT molecular complexity index is 516. The van der Waals surface area contributed by atoms with Crippen molar-refractivity contribution in [3.8, 4) is 0 Å². The minimum Gasteiger partial charge on any atom is -0.348 e. The molecule has 0 spiro atoms. The van der Waals surface area contributed by atoms with Crippen molar-refractivity contribution in [2.75, 3.05) is 33.7 Å². The van der Waals surface area contributed by atoms with Gasteiger partial charge in [0.1, 0.15) is 6.04 Å². The van der Waals surface area contributed by atoms with Gasteiger partial charge in [-0.05, 0) is 12.8 Å². The van der Waals surface area contributed by atoms with Gasteiger partial charge in [0, 0.05) is 18.5 Å². The third kappa shape index (κ3) is 5.36. The van der Waals surface area contributed by atoms with Gasteiger partial charge in [-0.25, -0.2) is 0 Å². The van der Waals surface area contributed by atoms with E-state index in [2.05, 4.69) is 31.5 Å². The van der Waals surface area contributed by atoms with Gasteiger partial charge in [0.05, 0.1) is 27.2 Å². The Morgan fingerprint density at radius 2 is 1.96 bits per heavy atom. The Morgan fingerprint density at radius 1 is 1.22 bits per heavy atom. The van der Waals surface area contributed by atoms with Crippen LogP contribution in [0.5, 0.6) is 0 Å². The molecular formula is C18H28N3O2+. The van der Waals surface area contributed by atoms with E-state index < -0.39 is 0 Å². The number of likely N-dealkylation sites (tertiary alicyclic amines) is 1. The fraction of sp³-hybridized carbons (Fsp3) is 0.556. The Morgan fingerprint density at radius 3 is 2.65 bits per heavy atom. The molecule has 2 rings (SSSR count). The van der Waals surface area contributed by atoms with E-state index in [1.165, 1.54) is 10.5 Å². The molecule has 5 nitrogen and oxygen atoms in total. The monoisotopic (exact) mass is 318 g/mol. The van der Waals surface area contributed by atoms with Gasteiger partial charge >= 0.3 is 0 Å². The van der Waals surface area contributed by atoms with E-state index in [1.54, 1.807) is 4.90 Å². The van der Waals surface area contributed by atoms with Crippen LogP contribution in [0.25, 0.3) is 0 Å². The maximum atomic E-state index is 12.2. The first-order valence-electron chi connectivity index (χ1n) is 8.47. The largest absolute Gasteiger partial charge is 0.348 e. The van der Waals surface area contributed by atoms with Gasteiger partial charge in [-0.15, -0.1) is 0 Å². The lowest BCUT2D eigenvalue weighted by Gasteiger charge is -2.24. The molecule has 2 N–H and O–H groups in total. The molecule has 0 radical (unpaired) electrons. The van der Waals surface area contributed by atoms with Gasteiger partial charge in [-0.1, -0.05) is 36.8 Å². The van der Waals surface area contributed by atoms with Gasteiger partial charge in [0.2, 0.25) is 11.8 Å². The van der Waals surface area contributed by atoms with Gasteiger partial charge in [-0.2, -0.15) is 0 Å². The molecule has 23 heavy (non-hydrogen) atoms. The van der Waals surface area contributed by atoms with Crippen LogP contribution >= 0.6 is 0 Å². The predicted octanol–water partition coefficient (Wildman–Crippen LogP) is 0.391. The molecular weight excluding hydrogens is 290 g/mol. The third-order valence-electron chi connectivity index (χ3n) is 4.41. The van der Waals surface area contributed by atoms with Crippen molar-refractivity contribution in [3.05, 3.63) is 35.9 Å². The fourth-order valence-corrected chi connectivity index (χ4v) is 2.99. The van der Waals surface area contributed by atoms with Crippen molar-refractivity contribution >= 4 is 11.8 Å². The molecule has 1 aliphatic rings. The first-order chi connectivity index (χ1) is 11.1. The Labute approximate surface area is 138 Å². The highest BCUT2D eigenvalue weighted by atomic mass is 16.2. The SMILES string of the molecule is C[NH+](C)[C@@H](CNC(=O)CN1CCCCCC1=O)c1ccccc1. The number of likely N-dealkylation sites (N-methyl/N-ethyl adjacent to an activating group) is 1. The van der Waals surface area contributed by atoms with Crippen LogP contribution in [0.2, 0.25) is 0 Å². The van der Waals surface area contributed by atoms with Crippen LogP contribution in [0.15, 0.2) is 30.3 Å². The van der Waals surface area contributed by atoms with E-state index in [1.807, 2.05) is 18.2 Å². The number of nitrogens with zero attached hydrogens (tertiary/aromatic N) is 1. The second kappa shape index (κ2) is 8.67. The minimum absolute atomic E-state index is 0.0672. The van der Waals surface area contributed by atoms with E-state index >= 15 is 0 Å². The zero-order valence-corrected chi connectivity index (χ0v) is 14.2. The van der Waals surface area contributed by atoms with Gasteiger partial charge < -0.3 is 15.1 Å². The summed E-state index contributed by atoms with van der Waals surface area (Å²) in [6.07, 6.45) is 3.58. The molecule has 1 fully saturated rings. The maximum absolute atomic E-state index is 12.2. The number of benzene rings is 1. The van der Waals surface area contributed by atoms with Crippen molar-refractivity contribution < 1.29 is 14.5 Å². The first kappa shape index (κ1) is 17.5. The summed E-state index contributed by atoms with van der Waals surface area (Å²) >= 11 is 0. The molecule has 1 saturated heterocycles. The summed E-state index contributed by atoms with van der Waals surface area (Å²) < 4.78 is 0. The Kier molecular flexibility index (Phi) is 6.59. The van der Waals surface area contributed by atoms with Gasteiger partial charge in [-0.3, -0.25) is 9.59 Å². The second-order valence-electron chi connectivity index (χ2n) is 6.47. The van der Waals surface area contributed by atoms with Crippen LogP contribution in [-0.4, -0.2) is 50.4 Å². The molecule has 1 aromatic carbocycles. The summed E-state index contributed by atoms with van der Waals surface area (Å²) in [5.74, 6) is 0.0397. The minimum atomic E-state index is -0.0672. The average molecular weight is 318 g/mol. The normalized spacial score (nSPS) is 17.0. The van der Waals surface area contributed by atoms with Crippen LogP contribution in [0.1, 0.15) is 37.3 Å². The van der Waals surface area contributed by atoms with E-state index in [9.17, 15) is 9.59 Å². The lowest BCUT2D eigenvalue weighted by atomic mass is 10.1. The standard InChI is InChI=1S/C18H27N3O2/c1-20(2)16(15-9-5-3-6-10-15)13-19-17(22)14-21-12-8-4-7-11-18(21)23/h3,5-6,9-10,16H,4,7-8,11-14H2,1-2H3,(H,19,22)/p+1/t16-/m0/s1. The van der Waals surface area contributed by atoms with Gasteiger partial charge in [0.15, 0.2) is 0 Å². The lowest BCUT2D eigenvalue weighted by molar-refractivity contribution is -0.890. The molecule has 0 bridgehead atoms. The fourth-order valence-electron chi connectivity index (χ4n) is 2.99. The third-order valence-corrected chi connectivity index (χ3v) is 4.41. The molecule has 0 unspecified atom stereocenters. The highest BCUT2D eigenvalue weighted by molar-refractivity contribution is 5.84. The number of nitrogens with one attached hydrogen (secondary N) is 2. The van der Waals surface area contributed by atoms with Gasteiger partial charge in [0.25, 0.3) is 0 Å². The first-order valence-corrected chi connectivity index (χ1v) is 8.47. The van der Waals surface area contributed by atoms with E-state index in [0.717, 1.165) is 19.3 Å². The van der Waals surface area contributed by atoms with E-state index in [-0.39, 0.29) is 24.4 Å². The van der Waals surface area contributed by atoms with Crippen LogP contribution in [0, 0.1) is 0 Å². The number of hydrogen-bond donors (Lipinski definition) is 2. The van der Waals surface area contributed by atoms with Crippen molar-refractivity contribution in [2.45, 2.75) is 31.7 Å². The molecule has 5 heteroatoms. The van der Waals surface area contributed by atoms with Crippen LogP contribution < -0.4 is 10.2 Å². The topological polar surface area (TPSA) is 53.9 Å². The molecule has 1 aromatic rings. The summed E-state index contributed by atoms with van der Waals surface area (Å²) in [7, 11) is 4.17. The zero-order valence-electron chi connectivity index (χ0n) is 14.2. The van der Waals surface area contributed by atoms with Crippen LogP contribution in [0.4, 0.5) is 0 Å². The van der Waals surface area contributed by atoms with Crippen LogP contribution in [0.3, 0.4) is 0 Å². The zero-order chi connectivity index (χ0) is 16.7. The molecule has 1 atom stereocenters.